The molecule has 1 aromatic carbocycles. The average molecular weight is 476 g/mol. The smallest absolute Gasteiger partial charge is 0.303 e. The Morgan fingerprint density at radius 1 is 1.17 bits per heavy atom. The van der Waals surface area contributed by atoms with E-state index in [1.165, 1.54) is 11.1 Å². The summed E-state index contributed by atoms with van der Waals surface area (Å²) in [6.07, 6.45) is 13.4. The lowest BCUT2D eigenvalue weighted by Crippen LogP contribution is -2.46. The van der Waals surface area contributed by atoms with E-state index in [-0.39, 0.29) is 17.9 Å². The number of fused-ring (bicyclic) bond motifs is 1. The van der Waals surface area contributed by atoms with Crippen LogP contribution >= 0.6 is 0 Å². The van der Waals surface area contributed by atoms with Gasteiger partial charge in [-0.25, -0.2) is 0 Å². The van der Waals surface area contributed by atoms with Crippen LogP contribution in [0.3, 0.4) is 0 Å². The number of piperidine rings is 1. The highest BCUT2D eigenvalue weighted by atomic mass is 16.5. The molecule has 2 unspecified atom stereocenters. The van der Waals surface area contributed by atoms with Crippen molar-refractivity contribution in [3.8, 4) is 11.4 Å². The Balaban J connectivity index is 1.32. The van der Waals surface area contributed by atoms with Crippen LogP contribution in [0.5, 0.6) is 0 Å². The lowest BCUT2D eigenvalue weighted by atomic mass is 9.74. The number of carbonyl (C=O) groups is 1. The molecule has 1 spiro atoms. The van der Waals surface area contributed by atoms with Crippen molar-refractivity contribution in [2.75, 3.05) is 13.1 Å². The summed E-state index contributed by atoms with van der Waals surface area (Å²) in [5.74, 6) is 1.53. The Morgan fingerprint density at radius 2 is 1.94 bits per heavy atom. The van der Waals surface area contributed by atoms with Crippen molar-refractivity contribution in [1.29, 1.82) is 0 Å². The SMILES string of the molecule is CC1C=CC=C2OC3(C=C(c4ccc(-c5nnn(CCCCCC(=O)O)n5)cc4)C21)CCNCC3. The highest BCUT2D eigenvalue weighted by molar-refractivity contribution is 5.74. The zero-order chi connectivity index (χ0) is 24.3. The van der Waals surface area contributed by atoms with E-state index in [0.717, 1.165) is 50.1 Å². The highest BCUT2D eigenvalue weighted by Crippen LogP contribution is 2.47. The van der Waals surface area contributed by atoms with Gasteiger partial charge < -0.3 is 15.2 Å². The van der Waals surface area contributed by atoms with Crippen LogP contribution in [0.25, 0.3) is 17.0 Å². The fourth-order valence-electron chi connectivity index (χ4n) is 5.30. The molecule has 8 heteroatoms. The van der Waals surface area contributed by atoms with Crippen molar-refractivity contribution in [3.63, 3.8) is 0 Å². The number of nitrogens with zero attached hydrogens (tertiary/aromatic N) is 4. The Labute approximate surface area is 205 Å². The first-order valence-electron chi connectivity index (χ1n) is 12.6. The number of benzene rings is 1. The van der Waals surface area contributed by atoms with Crippen LogP contribution in [-0.2, 0) is 16.1 Å². The van der Waals surface area contributed by atoms with Gasteiger partial charge in [-0.1, -0.05) is 49.8 Å². The summed E-state index contributed by atoms with van der Waals surface area (Å²) in [6.45, 7) is 4.82. The predicted octanol–water partition coefficient (Wildman–Crippen LogP) is 4.23. The number of carboxylic acid groups (broad SMARTS) is 1. The Kier molecular flexibility index (Phi) is 6.81. The number of allylic oxidation sites excluding steroid dienone is 4. The molecule has 1 aromatic heterocycles. The van der Waals surface area contributed by atoms with Crippen molar-refractivity contribution in [2.24, 2.45) is 11.8 Å². The number of hydrogen-bond donors (Lipinski definition) is 2. The van der Waals surface area contributed by atoms with Gasteiger partial charge in [0.1, 0.15) is 11.4 Å². The molecule has 3 heterocycles. The molecule has 184 valence electrons. The van der Waals surface area contributed by atoms with Gasteiger partial charge in [-0.3, -0.25) is 4.79 Å². The second-order valence-electron chi connectivity index (χ2n) is 9.80. The fraction of sp³-hybridized carbons (Fsp3) is 0.481. The molecular weight excluding hydrogens is 442 g/mol. The minimum absolute atomic E-state index is 0.205. The van der Waals surface area contributed by atoms with E-state index in [0.29, 0.717) is 24.7 Å². The topological polar surface area (TPSA) is 102 Å². The van der Waals surface area contributed by atoms with Gasteiger partial charge in [0.25, 0.3) is 0 Å². The molecule has 5 rings (SSSR count). The molecular formula is C27H33N5O3. The van der Waals surface area contributed by atoms with Crippen LogP contribution in [-0.4, -0.2) is 50.0 Å². The molecule has 0 bridgehead atoms. The van der Waals surface area contributed by atoms with E-state index < -0.39 is 5.97 Å². The van der Waals surface area contributed by atoms with E-state index in [4.69, 9.17) is 9.84 Å². The number of aryl methyl sites for hydroxylation is 1. The first-order chi connectivity index (χ1) is 17.0. The van der Waals surface area contributed by atoms with Crippen molar-refractivity contribution < 1.29 is 14.6 Å². The Hall–Kier alpha value is -3.26. The van der Waals surface area contributed by atoms with Crippen LogP contribution in [0.4, 0.5) is 0 Å². The number of hydrogen-bond acceptors (Lipinski definition) is 6. The van der Waals surface area contributed by atoms with Gasteiger partial charge in [-0.05, 0) is 60.4 Å². The van der Waals surface area contributed by atoms with Crippen molar-refractivity contribution in [1.82, 2.24) is 25.5 Å². The van der Waals surface area contributed by atoms with Gasteiger partial charge in [-0.2, -0.15) is 4.80 Å². The third-order valence-corrected chi connectivity index (χ3v) is 7.21. The number of aliphatic carboxylic acids is 1. The summed E-state index contributed by atoms with van der Waals surface area (Å²) >= 11 is 0. The van der Waals surface area contributed by atoms with E-state index in [2.05, 4.69) is 76.2 Å². The van der Waals surface area contributed by atoms with Gasteiger partial charge in [-0.15, -0.1) is 10.2 Å². The first kappa shape index (κ1) is 23.5. The molecule has 2 aliphatic heterocycles. The third-order valence-electron chi connectivity index (χ3n) is 7.21. The fourth-order valence-corrected chi connectivity index (χ4v) is 5.30. The van der Waals surface area contributed by atoms with Crippen LogP contribution in [0.15, 0.2) is 54.3 Å². The normalized spacial score (nSPS) is 22.8. The van der Waals surface area contributed by atoms with Gasteiger partial charge in [0.15, 0.2) is 0 Å². The minimum Gasteiger partial charge on any atom is -0.487 e. The Morgan fingerprint density at radius 3 is 2.71 bits per heavy atom. The quantitative estimate of drug-likeness (QED) is 0.551. The highest BCUT2D eigenvalue weighted by Gasteiger charge is 2.42. The summed E-state index contributed by atoms with van der Waals surface area (Å²) in [6, 6.07) is 8.47. The molecule has 8 nitrogen and oxygen atoms in total. The molecule has 2 N–H and O–H groups in total. The summed E-state index contributed by atoms with van der Waals surface area (Å²) < 4.78 is 6.63. The van der Waals surface area contributed by atoms with E-state index in [1.54, 1.807) is 4.80 Å². The maximum absolute atomic E-state index is 10.6. The van der Waals surface area contributed by atoms with Crippen molar-refractivity contribution in [2.45, 2.75) is 57.6 Å². The standard InChI is InChI=1S/C27H33N5O3/c1-19-6-5-7-23-25(19)22(18-27(35-23)13-15-28-16-14-27)20-9-11-21(12-10-20)26-29-31-32(30-26)17-4-2-3-8-24(33)34/h5-7,9-12,18-19,25,28H,2-4,8,13-17H2,1H3,(H,33,34). The van der Waals surface area contributed by atoms with Crippen molar-refractivity contribution >= 4 is 11.5 Å². The maximum Gasteiger partial charge on any atom is 0.303 e. The molecule has 1 aliphatic carbocycles. The monoisotopic (exact) mass is 475 g/mol. The molecule has 2 atom stereocenters. The zero-order valence-electron chi connectivity index (χ0n) is 20.2. The van der Waals surface area contributed by atoms with Crippen LogP contribution in [0.2, 0.25) is 0 Å². The number of aromatic nitrogens is 4. The largest absolute Gasteiger partial charge is 0.487 e. The number of tetrazole rings is 1. The first-order valence-corrected chi connectivity index (χ1v) is 12.6. The number of ether oxygens (including phenoxy) is 1. The van der Waals surface area contributed by atoms with Gasteiger partial charge in [0.05, 0.1) is 6.54 Å². The number of carboxylic acids is 1. The summed E-state index contributed by atoms with van der Waals surface area (Å²) in [5.41, 5.74) is 3.24. The summed E-state index contributed by atoms with van der Waals surface area (Å²) in [5, 5.41) is 25.1. The second-order valence-corrected chi connectivity index (χ2v) is 9.80. The van der Waals surface area contributed by atoms with Crippen molar-refractivity contribution in [3.05, 3.63) is 59.9 Å². The average Bonchev–Trinajstić information content (AvgIpc) is 3.33. The summed E-state index contributed by atoms with van der Waals surface area (Å²) in [4.78, 5) is 12.2. The summed E-state index contributed by atoms with van der Waals surface area (Å²) in [7, 11) is 0. The van der Waals surface area contributed by atoms with Crippen LogP contribution in [0.1, 0.15) is 51.0 Å². The van der Waals surface area contributed by atoms with E-state index in [1.807, 2.05) is 0 Å². The number of rotatable bonds is 8. The lowest BCUT2D eigenvalue weighted by molar-refractivity contribution is -0.137. The molecule has 0 amide bonds. The van der Waals surface area contributed by atoms with Crippen LogP contribution in [0, 0.1) is 11.8 Å². The van der Waals surface area contributed by atoms with Gasteiger partial charge in [0, 0.05) is 30.7 Å². The zero-order valence-corrected chi connectivity index (χ0v) is 20.2. The number of nitrogens with one attached hydrogen (secondary N) is 1. The maximum atomic E-state index is 10.6. The predicted molar refractivity (Wildman–Crippen MR) is 133 cm³/mol. The molecule has 1 saturated heterocycles. The molecule has 1 fully saturated rings. The second kappa shape index (κ2) is 10.2. The Bertz CT molecular complexity index is 1140. The molecule has 0 saturated carbocycles. The molecule has 0 radical (unpaired) electrons. The minimum atomic E-state index is -0.751. The van der Waals surface area contributed by atoms with Gasteiger partial charge in [0.2, 0.25) is 5.82 Å². The third kappa shape index (κ3) is 5.22. The van der Waals surface area contributed by atoms with E-state index >= 15 is 0 Å². The molecule has 35 heavy (non-hydrogen) atoms. The van der Waals surface area contributed by atoms with Crippen LogP contribution < -0.4 is 5.32 Å². The molecule has 3 aliphatic rings. The molecule has 2 aromatic rings. The van der Waals surface area contributed by atoms with Gasteiger partial charge >= 0.3 is 5.97 Å². The van der Waals surface area contributed by atoms with E-state index in [9.17, 15) is 4.79 Å². The lowest BCUT2D eigenvalue weighted by Gasteiger charge is -2.45. The number of unbranched alkanes of at least 4 members (excludes halogenated alkanes) is 2.